The van der Waals surface area contributed by atoms with Gasteiger partial charge in [0.2, 0.25) is 11.7 Å². The molecule has 1 aromatic carbocycles. The van der Waals surface area contributed by atoms with Gasteiger partial charge in [0.05, 0.1) is 13.7 Å². The van der Waals surface area contributed by atoms with Gasteiger partial charge in [-0.3, -0.25) is 19.1 Å². The molecule has 0 radical (unpaired) electrons. The standard InChI is InChI=1S/C21H22N6O4S/c1-30-15-4-2-14(3-5-15)18-23-17(31-24-18)13-25-6-8-26(9-7-25)19(28)16-12-22-21-27(20(16)29)10-11-32-21/h2-5,12H,6-11,13H2,1H3. The molecule has 10 nitrogen and oxygen atoms in total. The van der Waals surface area contributed by atoms with E-state index in [2.05, 4.69) is 20.0 Å². The number of methoxy groups -OCH3 is 1. The van der Waals surface area contributed by atoms with Gasteiger partial charge in [-0.05, 0) is 24.3 Å². The summed E-state index contributed by atoms with van der Waals surface area (Å²) < 4.78 is 12.2. The van der Waals surface area contributed by atoms with Crippen molar-refractivity contribution in [3.63, 3.8) is 0 Å². The van der Waals surface area contributed by atoms with Crippen LogP contribution in [0.4, 0.5) is 0 Å². The van der Waals surface area contributed by atoms with Crippen molar-refractivity contribution >= 4 is 17.7 Å². The Labute approximate surface area is 188 Å². The van der Waals surface area contributed by atoms with E-state index in [4.69, 9.17) is 9.26 Å². The van der Waals surface area contributed by atoms with Crippen LogP contribution in [0.2, 0.25) is 0 Å². The molecule has 3 aromatic rings. The van der Waals surface area contributed by atoms with Crippen LogP contribution in [-0.4, -0.2) is 74.4 Å². The van der Waals surface area contributed by atoms with E-state index in [1.54, 1.807) is 16.6 Å². The highest BCUT2D eigenvalue weighted by molar-refractivity contribution is 7.99. The molecule has 5 rings (SSSR count). The molecular formula is C21H22N6O4S. The molecule has 0 saturated carbocycles. The molecule has 1 saturated heterocycles. The molecule has 0 spiro atoms. The van der Waals surface area contributed by atoms with Gasteiger partial charge in [-0.15, -0.1) is 0 Å². The van der Waals surface area contributed by atoms with Crippen molar-refractivity contribution in [3.8, 4) is 17.1 Å². The zero-order valence-electron chi connectivity index (χ0n) is 17.6. The number of benzene rings is 1. The van der Waals surface area contributed by atoms with Gasteiger partial charge in [0.25, 0.3) is 11.5 Å². The Hall–Kier alpha value is -3.18. The van der Waals surface area contributed by atoms with Gasteiger partial charge >= 0.3 is 0 Å². The summed E-state index contributed by atoms with van der Waals surface area (Å²) in [4.78, 5) is 38.1. The van der Waals surface area contributed by atoms with E-state index in [1.807, 2.05) is 24.3 Å². The molecule has 166 valence electrons. The van der Waals surface area contributed by atoms with E-state index in [9.17, 15) is 9.59 Å². The number of ether oxygens (including phenoxy) is 1. The van der Waals surface area contributed by atoms with Gasteiger partial charge in [0.15, 0.2) is 5.16 Å². The Morgan fingerprint density at radius 1 is 1.16 bits per heavy atom. The topological polar surface area (TPSA) is 107 Å². The van der Waals surface area contributed by atoms with Crippen molar-refractivity contribution in [1.82, 2.24) is 29.5 Å². The molecule has 2 aliphatic heterocycles. The smallest absolute Gasteiger partial charge is 0.267 e. The van der Waals surface area contributed by atoms with Crippen molar-refractivity contribution in [2.75, 3.05) is 39.0 Å². The third-order valence-corrected chi connectivity index (χ3v) is 6.59. The second-order valence-corrected chi connectivity index (χ2v) is 8.63. The number of hydrogen-bond donors (Lipinski definition) is 0. The van der Waals surface area contributed by atoms with Crippen LogP contribution in [0.1, 0.15) is 16.2 Å². The van der Waals surface area contributed by atoms with E-state index in [1.165, 1.54) is 18.0 Å². The van der Waals surface area contributed by atoms with E-state index in [0.717, 1.165) is 17.1 Å². The molecule has 2 aliphatic rings. The summed E-state index contributed by atoms with van der Waals surface area (Å²) in [5.74, 6) is 2.37. The Bertz CT molecular complexity index is 1180. The number of aromatic nitrogens is 4. The molecule has 1 fully saturated rings. The van der Waals surface area contributed by atoms with Crippen LogP contribution < -0.4 is 10.3 Å². The first-order valence-electron chi connectivity index (χ1n) is 10.3. The van der Waals surface area contributed by atoms with Gasteiger partial charge < -0.3 is 14.2 Å². The zero-order valence-corrected chi connectivity index (χ0v) is 18.4. The highest BCUT2D eigenvalue weighted by Gasteiger charge is 2.27. The lowest BCUT2D eigenvalue weighted by Gasteiger charge is -2.33. The van der Waals surface area contributed by atoms with Crippen LogP contribution in [0.5, 0.6) is 5.75 Å². The second kappa shape index (κ2) is 8.75. The van der Waals surface area contributed by atoms with Crippen molar-refractivity contribution in [2.24, 2.45) is 0 Å². The number of piperazine rings is 1. The predicted molar refractivity (Wildman–Crippen MR) is 117 cm³/mol. The number of nitrogens with zero attached hydrogens (tertiary/aromatic N) is 6. The fourth-order valence-corrected chi connectivity index (χ4v) is 4.73. The van der Waals surface area contributed by atoms with Crippen LogP contribution in [0.3, 0.4) is 0 Å². The minimum absolute atomic E-state index is 0.144. The average Bonchev–Trinajstić information content (AvgIpc) is 3.50. The highest BCUT2D eigenvalue weighted by Crippen LogP contribution is 2.22. The lowest BCUT2D eigenvalue weighted by Crippen LogP contribution is -2.49. The van der Waals surface area contributed by atoms with Crippen molar-refractivity contribution in [3.05, 3.63) is 52.3 Å². The van der Waals surface area contributed by atoms with Gasteiger partial charge in [-0.2, -0.15) is 4.98 Å². The Morgan fingerprint density at radius 2 is 1.94 bits per heavy atom. The molecule has 0 bridgehead atoms. The van der Waals surface area contributed by atoms with Crippen LogP contribution >= 0.6 is 11.8 Å². The minimum atomic E-state index is -0.256. The molecule has 11 heteroatoms. The fraction of sp³-hybridized carbons (Fsp3) is 0.381. The van der Waals surface area contributed by atoms with E-state index < -0.39 is 0 Å². The van der Waals surface area contributed by atoms with Gasteiger partial charge in [0.1, 0.15) is 11.3 Å². The average molecular weight is 455 g/mol. The molecule has 0 unspecified atom stereocenters. The quantitative estimate of drug-likeness (QED) is 0.528. The second-order valence-electron chi connectivity index (χ2n) is 7.57. The Morgan fingerprint density at radius 3 is 2.69 bits per heavy atom. The van der Waals surface area contributed by atoms with Crippen LogP contribution in [0.25, 0.3) is 11.4 Å². The predicted octanol–water partition coefficient (Wildman–Crippen LogP) is 1.37. The maximum atomic E-state index is 12.9. The Balaban J connectivity index is 1.19. The molecular weight excluding hydrogens is 432 g/mol. The van der Waals surface area contributed by atoms with E-state index >= 15 is 0 Å². The molecule has 0 atom stereocenters. The van der Waals surface area contributed by atoms with E-state index in [-0.39, 0.29) is 17.0 Å². The molecule has 1 amide bonds. The SMILES string of the molecule is COc1ccc(-c2noc(CN3CCN(C(=O)c4cnc5n(c4=O)CCS5)CC3)n2)cc1. The summed E-state index contributed by atoms with van der Waals surface area (Å²) in [5.41, 5.74) is 0.749. The molecule has 0 aliphatic carbocycles. The number of carbonyl (C=O) groups excluding carboxylic acids is 1. The zero-order chi connectivity index (χ0) is 22.1. The third kappa shape index (κ3) is 4.00. The summed E-state index contributed by atoms with van der Waals surface area (Å²) in [6.07, 6.45) is 1.42. The number of hydrogen-bond acceptors (Lipinski definition) is 9. The van der Waals surface area contributed by atoms with Gasteiger partial charge in [-0.25, -0.2) is 4.98 Å². The minimum Gasteiger partial charge on any atom is -0.497 e. The van der Waals surface area contributed by atoms with Crippen molar-refractivity contribution in [2.45, 2.75) is 18.2 Å². The Kier molecular flexibility index (Phi) is 5.66. The van der Waals surface area contributed by atoms with Crippen LogP contribution in [-0.2, 0) is 13.1 Å². The molecule has 4 heterocycles. The first kappa shape index (κ1) is 20.7. The summed E-state index contributed by atoms with van der Waals surface area (Å²) in [7, 11) is 1.62. The first-order chi connectivity index (χ1) is 15.6. The maximum absolute atomic E-state index is 12.9. The number of rotatable bonds is 5. The van der Waals surface area contributed by atoms with Gasteiger partial charge in [0, 0.05) is 50.2 Å². The maximum Gasteiger partial charge on any atom is 0.267 e. The van der Waals surface area contributed by atoms with Crippen molar-refractivity contribution < 1.29 is 14.1 Å². The highest BCUT2D eigenvalue weighted by atomic mass is 32.2. The largest absolute Gasteiger partial charge is 0.497 e. The first-order valence-corrected chi connectivity index (χ1v) is 11.3. The van der Waals surface area contributed by atoms with Gasteiger partial charge in [-0.1, -0.05) is 16.9 Å². The number of carbonyl (C=O) groups is 1. The lowest BCUT2D eigenvalue weighted by atomic mass is 10.2. The summed E-state index contributed by atoms with van der Waals surface area (Å²) in [6, 6.07) is 7.46. The number of thioether (sulfide) groups is 1. The molecule has 32 heavy (non-hydrogen) atoms. The van der Waals surface area contributed by atoms with E-state index in [0.29, 0.717) is 56.1 Å². The molecule has 2 aromatic heterocycles. The monoisotopic (exact) mass is 454 g/mol. The van der Waals surface area contributed by atoms with Crippen LogP contribution in [0.15, 0.2) is 44.9 Å². The normalized spacial score (nSPS) is 16.2. The van der Waals surface area contributed by atoms with Crippen LogP contribution in [0, 0.1) is 0 Å². The third-order valence-electron chi connectivity index (χ3n) is 5.62. The summed E-state index contributed by atoms with van der Waals surface area (Å²) in [6.45, 7) is 3.46. The molecule has 0 N–H and O–H groups in total. The number of fused-ring (bicyclic) bond motifs is 1. The summed E-state index contributed by atoms with van der Waals surface area (Å²) in [5, 5.41) is 4.75. The fourth-order valence-electron chi connectivity index (χ4n) is 3.81. The summed E-state index contributed by atoms with van der Waals surface area (Å²) >= 11 is 1.54. The lowest BCUT2D eigenvalue weighted by molar-refractivity contribution is 0.0612. The number of amides is 1. The van der Waals surface area contributed by atoms with Crippen molar-refractivity contribution in [1.29, 1.82) is 0 Å².